The molecule has 0 bridgehead atoms. The van der Waals surface area contributed by atoms with Crippen molar-refractivity contribution in [1.82, 2.24) is 10.2 Å². The van der Waals surface area contributed by atoms with Crippen LogP contribution in [0.4, 0.5) is 5.69 Å². The van der Waals surface area contributed by atoms with Crippen LogP contribution in [0.2, 0.25) is 0 Å². The van der Waals surface area contributed by atoms with Gasteiger partial charge in [-0.1, -0.05) is 18.2 Å². The third kappa shape index (κ3) is 3.57. The van der Waals surface area contributed by atoms with Gasteiger partial charge in [0, 0.05) is 38.1 Å². The zero-order valence-corrected chi connectivity index (χ0v) is 10.6. The summed E-state index contributed by atoms with van der Waals surface area (Å²) in [5, 5.41) is 15.2. The minimum atomic E-state index is -0.215. The highest BCUT2D eigenvalue weighted by molar-refractivity contribution is 5.97. The molecule has 1 fully saturated rings. The van der Waals surface area contributed by atoms with Crippen molar-refractivity contribution in [1.29, 1.82) is 5.26 Å². The van der Waals surface area contributed by atoms with Crippen LogP contribution in [-0.4, -0.2) is 37.0 Å². The monoisotopic (exact) mass is 256 g/mol. The first kappa shape index (κ1) is 13.1. The molecule has 2 N–H and O–H groups in total. The Balaban J connectivity index is 2.03. The predicted molar refractivity (Wildman–Crippen MR) is 73.2 cm³/mol. The van der Waals surface area contributed by atoms with E-state index in [-0.39, 0.29) is 11.5 Å². The van der Waals surface area contributed by atoms with Crippen LogP contribution in [0.3, 0.4) is 0 Å². The van der Waals surface area contributed by atoms with Gasteiger partial charge in [0.15, 0.2) is 0 Å². The first-order valence-electron chi connectivity index (χ1n) is 6.23. The number of nitriles is 1. The number of hydrogen-bond acceptors (Lipinski definition) is 4. The maximum Gasteiger partial charge on any atom is 0.266 e. The maximum absolute atomic E-state index is 12.1. The summed E-state index contributed by atoms with van der Waals surface area (Å²) < 4.78 is 0. The van der Waals surface area contributed by atoms with Crippen LogP contribution in [0, 0.1) is 11.3 Å². The lowest BCUT2D eigenvalue weighted by Crippen LogP contribution is -2.46. The Morgan fingerprint density at radius 3 is 2.63 bits per heavy atom. The molecule has 5 heteroatoms. The van der Waals surface area contributed by atoms with E-state index in [0.717, 1.165) is 18.8 Å². The summed E-state index contributed by atoms with van der Waals surface area (Å²) in [5.41, 5.74) is 0.981. The van der Waals surface area contributed by atoms with E-state index in [4.69, 9.17) is 5.26 Å². The summed E-state index contributed by atoms with van der Waals surface area (Å²) >= 11 is 0. The summed E-state index contributed by atoms with van der Waals surface area (Å²) in [6.45, 7) is 2.83. The van der Waals surface area contributed by atoms with Gasteiger partial charge in [0.2, 0.25) is 0 Å². The highest BCUT2D eigenvalue weighted by Gasteiger charge is 2.19. The average molecular weight is 256 g/mol. The van der Waals surface area contributed by atoms with Gasteiger partial charge < -0.3 is 15.5 Å². The van der Waals surface area contributed by atoms with Gasteiger partial charge in [0.05, 0.1) is 0 Å². The fourth-order valence-corrected chi connectivity index (χ4v) is 1.87. The van der Waals surface area contributed by atoms with Gasteiger partial charge in [-0.15, -0.1) is 0 Å². The molecule has 1 aliphatic heterocycles. The number of piperazine rings is 1. The van der Waals surface area contributed by atoms with Gasteiger partial charge in [-0.2, -0.15) is 5.26 Å². The molecule has 0 atom stereocenters. The molecule has 1 aliphatic rings. The molecular formula is C14H16N4O. The second kappa shape index (κ2) is 6.57. The van der Waals surface area contributed by atoms with Crippen LogP contribution >= 0.6 is 0 Å². The first-order chi connectivity index (χ1) is 9.31. The fraction of sp³-hybridized carbons (Fsp3) is 0.286. The SMILES string of the molecule is N#C/C(=C/Nc1ccccc1)C(=O)N1CCNCC1. The van der Waals surface area contributed by atoms with Crippen LogP contribution in [0.1, 0.15) is 0 Å². The minimum absolute atomic E-state index is 0.130. The van der Waals surface area contributed by atoms with Gasteiger partial charge in [-0.25, -0.2) is 0 Å². The van der Waals surface area contributed by atoms with Crippen molar-refractivity contribution in [3.8, 4) is 6.07 Å². The normalized spacial score (nSPS) is 15.7. The van der Waals surface area contributed by atoms with Crippen LogP contribution < -0.4 is 10.6 Å². The number of nitrogens with one attached hydrogen (secondary N) is 2. The number of hydrogen-bond donors (Lipinski definition) is 2. The molecule has 1 amide bonds. The standard InChI is InChI=1S/C14H16N4O/c15-10-12(11-17-13-4-2-1-3-5-13)14(19)18-8-6-16-7-9-18/h1-5,11,16-17H,6-9H2/b12-11-. The number of para-hydroxylation sites is 1. The molecule has 0 saturated carbocycles. The number of nitrogens with zero attached hydrogens (tertiary/aromatic N) is 2. The van der Waals surface area contributed by atoms with Gasteiger partial charge >= 0.3 is 0 Å². The lowest BCUT2D eigenvalue weighted by molar-refractivity contribution is -0.127. The molecule has 0 spiro atoms. The zero-order chi connectivity index (χ0) is 13.5. The van der Waals surface area contributed by atoms with Crippen LogP contribution in [-0.2, 0) is 4.79 Å². The quantitative estimate of drug-likeness (QED) is 0.624. The van der Waals surface area contributed by atoms with E-state index in [9.17, 15) is 4.79 Å². The molecule has 5 nitrogen and oxygen atoms in total. The third-order valence-electron chi connectivity index (χ3n) is 2.91. The molecule has 1 saturated heterocycles. The van der Waals surface area contributed by atoms with Gasteiger partial charge in [0.25, 0.3) is 5.91 Å². The van der Waals surface area contributed by atoms with Gasteiger partial charge in [-0.3, -0.25) is 4.79 Å². The number of anilines is 1. The summed E-state index contributed by atoms with van der Waals surface area (Å²) in [4.78, 5) is 13.8. The largest absolute Gasteiger partial charge is 0.360 e. The van der Waals surface area contributed by atoms with Crippen LogP contribution in [0.25, 0.3) is 0 Å². The maximum atomic E-state index is 12.1. The smallest absolute Gasteiger partial charge is 0.266 e. The summed E-state index contributed by atoms with van der Waals surface area (Å²) in [7, 11) is 0. The van der Waals surface area contributed by atoms with E-state index in [0.29, 0.717) is 13.1 Å². The topological polar surface area (TPSA) is 68.2 Å². The number of rotatable bonds is 3. The summed E-state index contributed by atoms with van der Waals surface area (Å²) in [5.74, 6) is -0.215. The van der Waals surface area contributed by atoms with E-state index in [1.165, 1.54) is 6.20 Å². The van der Waals surface area contributed by atoms with Crippen molar-refractivity contribution in [3.05, 3.63) is 42.1 Å². The Morgan fingerprint density at radius 1 is 1.32 bits per heavy atom. The highest BCUT2D eigenvalue weighted by atomic mass is 16.2. The number of amides is 1. The molecule has 0 unspecified atom stereocenters. The molecule has 1 aromatic rings. The molecular weight excluding hydrogens is 240 g/mol. The molecule has 2 rings (SSSR count). The van der Waals surface area contributed by atoms with E-state index in [1.807, 2.05) is 36.4 Å². The van der Waals surface area contributed by atoms with Gasteiger partial charge in [-0.05, 0) is 12.1 Å². The number of benzene rings is 1. The van der Waals surface area contributed by atoms with Crippen molar-refractivity contribution >= 4 is 11.6 Å². The predicted octanol–water partition coefficient (Wildman–Crippen LogP) is 0.938. The first-order valence-corrected chi connectivity index (χ1v) is 6.23. The van der Waals surface area contributed by atoms with Gasteiger partial charge in [0.1, 0.15) is 11.6 Å². The molecule has 0 radical (unpaired) electrons. The molecule has 98 valence electrons. The summed E-state index contributed by atoms with van der Waals surface area (Å²) in [6.07, 6.45) is 1.47. The third-order valence-corrected chi connectivity index (χ3v) is 2.91. The Kier molecular flexibility index (Phi) is 4.54. The molecule has 19 heavy (non-hydrogen) atoms. The number of carbonyl (C=O) groups excluding carboxylic acids is 1. The van der Waals surface area contributed by atoms with Crippen molar-refractivity contribution in [2.45, 2.75) is 0 Å². The Morgan fingerprint density at radius 2 is 2.00 bits per heavy atom. The second-order valence-corrected chi connectivity index (χ2v) is 4.22. The van der Waals surface area contributed by atoms with Crippen LogP contribution in [0.15, 0.2) is 42.1 Å². The van der Waals surface area contributed by atoms with Crippen molar-refractivity contribution in [2.24, 2.45) is 0 Å². The van der Waals surface area contributed by atoms with Crippen LogP contribution in [0.5, 0.6) is 0 Å². The Labute approximate surface area is 112 Å². The molecule has 1 aromatic carbocycles. The zero-order valence-electron chi connectivity index (χ0n) is 10.6. The lowest BCUT2D eigenvalue weighted by atomic mass is 10.2. The van der Waals surface area contributed by atoms with Crippen molar-refractivity contribution < 1.29 is 4.79 Å². The summed E-state index contributed by atoms with van der Waals surface area (Å²) in [6, 6.07) is 11.4. The minimum Gasteiger partial charge on any atom is -0.360 e. The van der Waals surface area contributed by atoms with Crippen molar-refractivity contribution in [2.75, 3.05) is 31.5 Å². The Bertz CT molecular complexity index is 498. The van der Waals surface area contributed by atoms with E-state index < -0.39 is 0 Å². The fourth-order valence-electron chi connectivity index (χ4n) is 1.87. The molecule has 0 aromatic heterocycles. The Hall–Kier alpha value is -2.32. The van der Waals surface area contributed by atoms with E-state index in [2.05, 4.69) is 10.6 Å². The average Bonchev–Trinajstić information content (AvgIpc) is 2.49. The number of carbonyl (C=O) groups is 1. The van der Waals surface area contributed by atoms with Crippen molar-refractivity contribution in [3.63, 3.8) is 0 Å². The lowest BCUT2D eigenvalue weighted by Gasteiger charge is -2.27. The van der Waals surface area contributed by atoms with E-state index in [1.54, 1.807) is 4.90 Å². The highest BCUT2D eigenvalue weighted by Crippen LogP contribution is 2.08. The molecule has 1 heterocycles. The van der Waals surface area contributed by atoms with E-state index >= 15 is 0 Å². The molecule has 0 aliphatic carbocycles. The second-order valence-electron chi connectivity index (χ2n) is 4.22.